The van der Waals surface area contributed by atoms with E-state index < -0.39 is 0 Å². The minimum Gasteiger partial charge on any atom is -0.316 e. The zero-order chi connectivity index (χ0) is 11.4. The molecule has 0 aromatic carbocycles. The van der Waals surface area contributed by atoms with Crippen molar-refractivity contribution >= 4 is 0 Å². The molecule has 1 heterocycles. The van der Waals surface area contributed by atoms with Crippen LogP contribution in [0.2, 0.25) is 0 Å². The maximum absolute atomic E-state index is 3.51. The minimum absolute atomic E-state index is 0.529. The Morgan fingerprint density at radius 3 is 2.44 bits per heavy atom. The summed E-state index contributed by atoms with van der Waals surface area (Å²) in [6, 6.07) is 0.861. The molecule has 1 saturated heterocycles. The maximum Gasteiger partial charge on any atom is 0.00924 e. The SMILES string of the molecule is CN(CC1(C)CCNC1)C1CCCCCC1. The predicted molar refractivity (Wildman–Crippen MR) is 69.7 cm³/mol. The van der Waals surface area contributed by atoms with Crippen LogP contribution in [0.4, 0.5) is 0 Å². The van der Waals surface area contributed by atoms with Crippen LogP contribution >= 0.6 is 0 Å². The highest BCUT2D eigenvalue weighted by Crippen LogP contribution is 2.28. The molecule has 2 nitrogen and oxygen atoms in total. The predicted octanol–water partition coefficient (Wildman–Crippen LogP) is 2.64. The number of hydrogen-bond acceptors (Lipinski definition) is 2. The molecule has 16 heavy (non-hydrogen) atoms. The lowest BCUT2D eigenvalue weighted by atomic mass is 9.88. The molecular formula is C14H28N2. The Morgan fingerprint density at radius 1 is 1.19 bits per heavy atom. The summed E-state index contributed by atoms with van der Waals surface area (Å²) in [5, 5.41) is 3.51. The summed E-state index contributed by atoms with van der Waals surface area (Å²) in [5.41, 5.74) is 0.529. The van der Waals surface area contributed by atoms with Gasteiger partial charge in [-0.25, -0.2) is 0 Å². The van der Waals surface area contributed by atoms with Crippen LogP contribution in [0, 0.1) is 5.41 Å². The molecule has 1 aliphatic carbocycles. The Labute approximate surface area is 101 Å². The summed E-state index contributed by atoms with van der Waals surface area (Å²) in [5.74, 6) is 0. The Morgan fingerprint density at radius 2 is 1.88 bits per heavy atom. The Balaban J connectivity index is 1.83. The first-order chi connectivity index (χ1) is 7.70. The van der Waals surface area contributed by atoms with Crippen molar-refractivity contribution in [1.82, 2.24) is 10.2 Å². The Bertz CT molecular complexity index is 201. The fourth-order valence-electron chi connectivity index (χ4n) is 3.43. The van der Waals surface area contributed by atoms with Crippen molar-refractivity contribution in [1.29, 1.82) is 0 Å². The maximum atomic E-state index is 3.51. The van der Waals surface area contributed by atoms with Crippen LogP contribution in [0.1, 0.15) is 51.9 Å². The summed E-state index contributed by atoms with van der Waals surface area (Å²) in [6.07, 6.45) is 10.0. The second kappa shape index (κ2) is 5.50. The zero-order valence-electron chi connectivity index (χ0n) is 11.1. The number of rotatable bonds is 3. The highest BCUT2D eigenvalue weighted by atomic mass is 15.1. The molecule has 2 heteroatoms. The Hall–Kier alpha value is -0.0800. The quantitative estimate of drug-likeness (QED) is 0.741. The van der Waals surface area contributed by atoms with Gasteiger partial charge in [0.15, 0.2) is 0 Å². The second-order valence-corrected chi connectivity index (χ2v) is 6.30. The summed E-state index contributed by atoms with van der Waals surface area (Å²) >= 11 is 0. The van der Waals surface area contributed by atoms with E-state index in [0.717, 1.165) is 6.04 Å². The largest absolute Gasteiger partial charge is 0.316 e. The zero-order valence-corrected chi connectivity index (χ0v) is 11.1. The van der Waals surface area contributed by atoms with Crippen LogP contribution in [0.5, 0.6) is 0 Å². The topological polar surface area (TPSA) is 15.3 Å². The molecule has 2 rings (SSSR count). The van der Waals surface area contributed by atoms with E-state index in [1.807, 2.05) is 0 Å². The van der Waals surface area contributed by atoms with Crippen LogP contribution in [0.25, 0.3) is 0 Å². The number of hydrogen-bond donors (Lipinski definition) is 1. The lowest BCUT2D eigenvalue weighted by molar-refractivity contribution is 0.148. The van der Waals surface area contributed by atoms with Gasteiger partial charge in [-0.2, -0.15) is 0 Å². The van der Waals surface area contributed by atoms with Gasteiger partial charge in [-0.1, -0.05) is 32.6 Å². The smallest absolute Gasteiger partial charge is 0.00924 e. The van der Waals surface area contributed by atoms with E-state index in [4.69, 9.17) is 0 Å². The van der Waals surface area contributed by atoms with Crippen molar-refractivity contribution in [3.8, 4) is 0 Å². The normalized spacial score (nSPS) is 33.2. The molecular weight excluding hydrogens is 196 g/mol. The average Bonchev–Trinajstić information content (AvgIpc) is 2.56. The fraction of sp³-hybridized carbons (Fsp3) is 1.00. The molecule has 1 atom stereocenters. The van der Waals surface area contributed by atoms with Crippen molar-refractivity contribution in [3.05, 3.63) is 0 Å². The highest BCUT2D eigenvalue weighted by Gasteiger charge is 2.31. The van der Waals surface area contributed by atoms with Crippen molar-refractivity contribution < 1.29 is 0 Å². The van der Waals surface area contributed by atoms with Gasteiger partial charge in [-0.3, -0.25) is 0 Å². The first-order valence-electron chi connectivity index (χ1n) is 7.11. The third kappa shape index (κ3) is 3.21. The summed E-state index contributed by atoms with van der Waals surface area (Å²) in [7, 11) is 2.35. The molecule has 2 aliphatic rings. The molecule has 0 bridgehead atoms. The molecule has 1 N–H and O–H groups in total. The monoisotopic (exact) mass is 224 g/mol. The molecule has 1 unspecified atom stereocenters. The van der Waals surface area contributed by atoms with Crippen molar-refractivity contribution in [2.45, 2.75) is 57.9 Å². The molecule has 1 saturated carbocycles. The Kier molecular flexibility index (Phi) is 4.26. The molecule has 0 spiro atoms. The van der Waals surface area contributed by atoms with Crippen molar-refractivity contribution in [2.75, 3.05) is 26.7 Å². The van der Waals surface area contributed by atoms with Gasteiger partial charge in [0, 0.05) is 19.1 Å². The molecule has 1 aliphatic heterocycles. The van der Waals surface area contributed by atoms with Gasteiger partial charge < -0.3 is 10.2 Å². The summed E-state index contributed by atoms with van der Waals surface area (Å²) in [6.45, 7) is 6.16. The van der Waals surface area contributed by atoms with Gasteiger partial charge in [0.2, 0.25) is 0 Å². The van der Waals surface area contributed by atoms with Crippen LogP contribution in [0.15, 0.2) is 0 Å². The van der Waals surface area contributed by atoms with Gasteiger partial charge in [0.1, 0.15) is 0 Å². The summed E-state index contributed by atoms with van der Waals surface area (Å²) in [4.78, 5) is 2.65. The molecule has 0 aromatic heterocycles. The van der Waals surface area contributed by atoms with Gasteiger partial charge in [0.25, 0.3) is 0 Å². The lowest BCUT2D eigenvalue weighted by Gasteiger charge is -2.34. The van der Waals surface area contributed by atoms with Gasteiger partial charge in [-0.15, -0.1) is 0 Å². The lowest BCUT2D eigenvalue weighted by Crippen LogP contribution is -2.40. The van der Waals surface area contributed by atoms with Crippen LogP contribution in [-0.4, -0.2) is 37.6 Å². The van der Waals surface area contributed by atoms with Crippen LogP contribution < -0.4 is 5.32 Å². The van der Waals surface area contributed by atoms with Gasteiger partial charge in [0.05, 0.1) is 0 Å². The minimum atomic E-state index is 0.529. The standard InChI is InChI=1S/C14H28N2/c1-14(9-10-15-11-14)12-16(2)13-7-5-3-4-6-8-13/h13,15H,3-12H2,1-2H3. The number of nitrogens with one attached hydrogen (secondary N) is 1. The van der Waals surface area contributed by atoms with E-state index >= 15 is 0 Å². The average molecular weight is 224 g/mol. The molecule has 0 amide bonds. The third-order valence-electron chi connectivity index (χ3n) is 4.54. The van der Waals surface area contributed by atoms with E-state index in [0.29, 0.717) is 5.41 Å². The first-order valence-corrected chi connectivity index (χ1v) is 7.11. The number of nitrogens with zero attached hydrogens (tertiary/aromatic N) is 1. The first kappa shape index (κ1) is 12.4. The second-order valence-electron chi connectivity index (χ2n) is 6.30. The van der Waals surface area contributed by atoms with Crippen molar-refractivity contribution in [2.24, 2.45) is 5.41 Å². The molecule has 0 aromatic rings. The van der Waals surface area contributed by atoms with Gasteiger partial charge >= 0.3 is 0 Å². The van der Waals surface area contributed by atoms with E-state index in [1.165, 1.54) is 64.6 Å². The van der Waals surface area contributed by atoms with E-state index in [9.17, 15) is 0 Å². The molecule has 94 valence electrons. The fourth-order valence-corrected chi connectivity index (χ4v) is 3.43. The van der Waals surface area contributed by atoms with E-state index in [2.05, 4.69) is 24.2 Å². The third-order valence-corrected chi connectivity index (χ3v) is 4.54. The molecule has 2 fully saturated rings. The highest BCUT2D eigenvalue weighted by molar-refractivity contribution is 4.87. The van der Waals surface area contributed by atoms with E-state index in [-0.39, 0.29) is 0 Å². The van der Waals surface area contributed by atoms with Crippen LogP contribution in [-0.2, 0) is 0 Å². The summed E-state index contributed by atoms with van der Waals surface area (Å²) < 4.78 is 0. The van der Waals surface area contributed by atoms with E-state index in [1.54, 1.807) is 0 Å². The van der Waals surface area contributed by atoms with Crippen molar-refractivity contribution in [3.63, 3.8) is 0 Å². The van der Waals surface area contributed by atoms with Crippen LogP contribution in [0.3, 0.4) is 0 Å². The van der Waals surface area contributed by atoms with Gasteiger partial charge in [-0.05, 0) is 38.3 Å². The molecule has 0 radical (unpaired) electrons.